The Kier molecular flexibility index (Phi) is 12.0. The normalized spacial score (nSPS) is 21.6. The molecule has 1 heterocycles. The second-order valence-corrected chi connectivity index (χ2v) is 12.3. The van der Waals surface area contributed by atoms with Gasteiger partial charge in [-0.3, -0.25) is 0 Å². The predicted octanol–water partition coefficient (Wildman–Crippen LogP) is 10.5. The summed E-state index contributed by atoms with van der Waals surface area (Å²) in [5, 5.41) is 0. The smallest absolute Gasteiger partial charge is 0.429 e. The molecular weight excluding hydrogens is 770 g/mol. The van der Waals surface area contributed by atoms with Gasteiger partial charge in [0.25, 0.3) is 0 Å². The van der Waals surface area contributed by atoms with E-state index in [4.69, 9.17) is 14.2 Å². The molecule has 1 saturated heterocycles. The topological polar surface area (TPSA) is 55.4 Å². The third-order valence-electron chi connectivity index (χ3n) is 8.64. The molecule has 54 heavy (non-hydrogen) atoms. The van der Waals surface area contributed by atoms with Crippen molar-refractivity contribution < 1.29 is 89.9 Å². The van der Waals surface area contributed by atoms with Crippen LogP contribution in [0.5, 0.6) is 11.5 Å². The first-order valence-corrected chi connectivity index (χ1v) is 16.0. The van der Waals surface area contributed by atoms with E-state index in [1.165, 1.54) is 0 Å². The van der Waals surface area contributed by atoms with E-state index < -0.39 is 100 Å². The van der Waals surface area contributed by atoms with Crippen molar-refractivity contribution in [3.8, 4) is 11.5 Å². The number of halogens is 14. The van der Waals surface area contributed by atoms with Crippen LogP contribution in [0.1, 0.15) is 61.2 Å². The zero-order chi connectivity index (χ0) is 39.8. The van der Waals surface area contributed by atoms with Gasteiger partial charge in [0.1, 0.15) is 51.7 Å². The van der Waals surface area contributed by atoms with Crippen molar-refractivity contribution >= 4 is 0 Å². The van der Waals surface area contributed by atoms with Crippen molar-refractivity contribution in [1.29, 1.82) is 0 Å². The Labute approximate surface area is 296 Å². The summed E-state index contributed by atoms with van der Waals surface area (Å²) in [6.45, 7) is 3.06. The summed E-state index contributed by atoms with van der Waals surface area (Å²) in [4.78, 5) is 0. The van der Waals surface area contributed by atoms with E-state index in [9.17, 15) is 52.7 Å². The molecule has 298 valence electrons. The third-order valence-corrected chi connectivity index (χ3v) is 8.64. The average molecular weight is 799 g/mol. The standard InChI is InChI=1S/C34H28F14O6/c1-2-49-19-6-3-16(4-7-19)18-14-50-30(51-15-18)17-5-8-22(23(35)9-17)31(40,41)52-20-10-24(36)28(25(37)11-20)32(42,43)53-21-12-26(38)29(27(39)13-21)33(44,45)54-34(46,47)48/h5,8-13,16,18-19,30H,2-4,6-7,14-15H2,1H3. The Morgan fingerprint density at radius 3 is 1.54 bits per heavy atom. The summed E-state index contributed by atoms with van der Waals surface area (Å²) in [6, 6.07) is 0.946. The van der Waals surface area contributed by atoms with Crippen molar-refractivity contribution in [1.82, 2.24) is 0 Å². The first-order valence-electron chi connectivity index (χ1n) is 16.0. The van der Waals surface area contributed by atoms with Gasteiger partial charge in [-0.2, -0.15) is 26.3 Å². The molecule has 0 aromatic heterocycles. The first-order chi connectivity index (χ1) is 25.1. The zero-order valence-electron chi connectivity index (χ0n) is 27.5. The monoisotopic (exact) mass is 798 g/mol. The highest BCUT2D eigenvalue weighted by Gasteiger charge is 2.50. The molecule has 0 spiro atoms. The largest absolute Gasteiger partial charge is 0.527 e. The molecular formula is C34H28F14O6. The molecule has 0 amide bonds. The Hall–Kier alpha value is -3.88. The van der Waals surface area contributed by atoms with Crippen LogP contribution >= 0.6 is 0 Å². The lowest BCUT2D eigenvalue weighted by Gasteiger charge is -2.37. The van der Waals surface area contributed by atoms with E-state index >= 15 is 8.78 Å². The average Bonchev–Trinajstić information content (AvgIpc) is 3.02. The highest BCUT2D eigenvalue weighted by molar-refractivity contribution is 5.37. The Bertz CT molecular complexity index is 1740. The van der Waals surface area contributed by atoms with Gasteiger partial charge in [0.2, 0.25) is 0 Å². The van der Waals surface area contributed by atoms with E-state index in [0.717, 1.165) is 31.7 Å². The molecule has 0 radical (unpaired) electrons. The minimum atomic E-state index is -6.11. The molecule has 0 unspecified atom stereocenters. The SMILES string of the molecule is CCOC1CCC(C2COC(c3ccc(C(F)(F)Oc4cc(F)c(C(F)(F)Oc5cc(F)c(C(F)(F)OC(F)(F)F)c(F)c5)c(F)c4)c(F)c3)OC2)CC1. The van der Waals surface area contributed by atoms with Crippen LogP contribution in [-0.2, 0) is 37.3 Å². The highest BCUT2D eigenvalue weighted by Crippen LogP contribution is 2.43. The van der Waals surface area contributed by atoms with Crippen LogP contribution in [0.4, 0.5) is 61.5 Å². The lowest BCUT2D eigenvalue weighted by molar-refractivity contribution is -0.432. The van der Waals surface area contributed by atoms with Crippen molar-refractivity contribution in [3.05, 3.63) is 93.8 Å². The summed E-state index contributed by atoms with van der Waals surface area (Å²) in [7, 11) is 0. The van der Waals surface area contributed by atoms with Crippen LogP contribution < -0.4 is 9.47 Å². The maximum absolute atomic E-state index is 15.0. The van der Waals surface area contributed by atoms with Gasteiger partial charge in [-0.15, -0.1) is 13.2 Å². The Balaban J connectivity index is 1.25. The molecule has 2 aliphatic rings. The molecule has 1 aliphatic heterocycles. The van der Waals surface area contributed by atoms with Gasteiger partial charge in [0.15, 0.2) is 6.29 Å². The molecule has 3 aromatic carbocycles. The van der Waals surface area contributed by atoms with Crippen molar-refractivity contribution in [2.75, 3.05) is 19.8 Å². The van der Waals surface area contributed by atoms with Crippen LogP contribution in [0.15, 0.2) is 42.5 Å². The molecule has 6 nitrogen and oxygen atoms in total. The number of alkyl halides is 9. The minimum absolute atomic E-state index is 0.0204. The quantitative estimate of drug-likeness (QED) is 0.170. The van der Waals surface area contributed by atoms with Gasteiger partial charge >= 0.3 is 24.7 Å². The highest BCUT2D eigenvalue weighted by atomic mass is 19.4. The van der Waals surface area contributed by atoms with Crippen LogP contribution in [-0.4, -0.2) is 32.3 Å². The second-order valence-electron chi connectivity index (χ2n) is 12.3. The maximum atomic E-state index is 15.0. The van der Waals surface area contributed by atoms with Crippen LogP contribution in [0, 0.1) is 40.9 Å². The summed E-state index contributed by atoms with van der Waals surface area (Å²) >= 11 is 0. The van der Waals surface area contributed by atoms with Crippen LogP contribution in [0.25, 0.3) is 0 Å². The summed E-state index contributed by atoms with van der Waals surface area (Å²) in [5.74, 6) is -14.3. The number of rotatable bonds is 12. The minimum Gasteiger partial charge on any atom is -0.429 e. The van der Waals surface area contributed by atoms with Gasteiger partial charge in [-0.1, -0.05) is 6.07 Å². The Morgan fingerprint density at radius 1 is 0.593 bits per heavy atom. The van der Waals surface area contributed by atoms with Gasteiger partial charge in [0.05, 0.1) is 24.9 Å². The van der Waals surface area contributed by atoms with E-state index in [1.807, 2.05) is 6.92 Å². The fraction of sp³-hybridized carbons (Fsp3) is 0.471. The number of ether oxygens (including phenoxy) is 6. The molecule has 20 heteroatoms. The number of hydrogen-bond acceptors (Lipinski definition) is 6. The van der Waals surface area contributed by atoms with Gasteiger partial charge in [-0.05, 0) is 50.7 Å². The molecule has 1 aliphatic carbocycles. The predicted molar refractivity (Wildman–Crippen MR) is 155 cm³/mol. The van der Waals surface area contributed by atoms with E-state index in [2.05, 4.69) is 14.2 Å². The van der Waals surface area contributed by atoms with Gasteiger partial charge in [0, 0.05) is 42.4 Å². The molecule has 0 bridgehead atoms. The van der Waals surface area contributed by atoms with Crippen molar-refractivity contribution in [3.63, 3.8) is 0 Å². The first kappa shape index (κ1) is 41.3. The van der Waals surface area contributed by atoms with Crippen molar-refractivity contribution in [2.24, 2.45) is 11.8 Å². The number of hydrogen-bond donors (Lipinski definition) is 0. The van der Waals surface area contributed by atoms with E-state index in [1.54, 1.807) is 0 Å². The molecule has 2 fully saturated rings. The third kappa shape index (κ3) is 9.49. The second kappa shape index (κ2) is 15.7. The van der Waals surface area contributed by atoms with Crippen LogP contribution in [0.3, 0.4) is 0 Å². The van der Waals surface area contributed by atoms with E-state index in [0.29, 0.717) is 24.7 Å². The lowest BCUT2D eigenvalue weighted by Crippen LogP contribution is -2.35. The number of benzene rings is 3. The zero-order valence-corrected chi connectivity index (χ0v) is 27.5. The Morgan fingerprint density at radius 2 is 1.07 bits per heavy atom. The lowest BCUT2D eigenvalue weighted by atomic mass is 9.79. The fourth-order valence-electron chi connectivity index (χ4n) is 6.23. The molecule has 0 atom stereocenters. The summed E-state index contributed by atoms with van der Waals surface area (Å²) in [5.41, 5.74) is -6.45. The molecule has 1 saturated carbocycles. The molecule has 5 rings (SSSR count). The molecule has 3 aromatic rings. The van der Waals surface area contributed by atoms with Gasteiger partial charge < -0.3 is 23.7 Å². The van der Waals surface area contributed by atoms with Gasteiger partial charge in [-0.25, -0.2) is 26.7 Å². The fourth-order valence-corrected chi connectivity index (χ4v) is 6.23. The summed E-state index contributed by atoms with van der Waals surface area (Å²) in [6.07, 6.45) is -19.1. The summed E-state index contributed by atoms with van der Waals surface area (Å²) < 4.78 is 224. The maximum Gasteiger partial charge on any atom is 0.527 e. The van der Waals surface area contributed by atoms with Crippen LogP contribution in [0.2, 0.25) is 0 Å². The van der Waals surface area contributed by atoms with E-state index in [-0.39, 0.29) is 42.9 Å². The van der Waals surface area contributed by atoms with Crippen molar-refractivity contribution in [2.45, 2.75) is 69.7 Å². The molecule has 0 N–H and O–H groups in total.